The zero-order chi connectivity index (χ0) is 14.9. The van der Waals surface area contributed by atoms with Crippen molar-refractivity contribution in [2.45, 2.75) is 12.8 Å². The summed E-state index contributed by atoms with van der Waals surface area (Å²) in [5.74, 6) is 0.488. The highest BCUT2D eigenvalue weighted by molar-refractivity contribution is 5.19. The highest BCUT2D eigenvalue weighted by atomic mass is 16.5. The van der Waals surface area contributed by atoms with Crippen molar-refractivity contribution in [2.24, 2.45) is 0 Å². The van der Waals surface area contributed by atoms with Crippen molar-refractivity contribution in [3.05, 3.63) is 35.9 Å². The van der Waals surface area contributed by atoms with Crippen molar-refractivity contribution < 1.29 is 9.84 Å². The van der Waals surface area contributed by atoms with Gasteiger partial charge in [0.1, 0.15) is 0 Å². The normalized spacial score (nSPS) is 18.0. The minimum absolute atomic E-state index is 0.227. The molecule has 2 rings (SSSR count). The molecule has 0 aliphatic carbocycles. The van der Waals surface area contributed by atoms with Crippen molar-refractivity contribution in [3.63, 3.8) is 0 Å². The Balaban J connectivity index is 1.80. The summed E-state index contributed by atoms with van der Waals surface area (Å²) >= 11 is 0. The Kier molecular flexibility index (Phi) is 7.16. The second-order valence-corrected chi connectivity index (χ2v) is 5.79. The minimum Gasteiger partial charge on any atom is -0.395 e. The Hall–Kier alpha value is -0.940. The molecule has 118 valence electrons. The van der Waals surface area contributed by atoms with Crippen LogP contribution in [0.1, 0.15) is 18.4 Å². The van der Waals surface area contributed by atoms with Gasteiger partial charge in [-0.15, -0.1) is 0 Å². The molecule has 1 atom stereocenters. The van der Waals surface area contributed by atoms with Gasteiger partial charge in [0.2, 0.25) is 0 Å². The van der Waals surface area contributed by atoms with E-state index in [9.17, 15) is 5.11 Å². The summed E-state index contributed by atoms with van der Waals surface area (Å²) in [4.78, 5) is 4.81. The molecule has 0 bridgehead atoms. The van der Waals surface area contributed by atoms with Crippen LogP contribution < -0.4 is 0 Å². The molecule has 1 aliphatic heterocycles. The maximum absolute atomic E-state index is 9.28. The molecule has 1 saturated heterocycles. The van der Waals surface area contributed by atoms with Crippen LogP contribution in [0.4, 0.5) is 0 Å². The van der Waals surface area contributed by atoms with Gasteiger partial charge in [-0.2, -0.15) is 0 Å². The van der Waals surface area contributed by atoms with Crippen LogP contribution >= 0.6 is 0 Å². The first-order valence-electron chi connectivity index (χ1n) is 7.98. The van der Waals surface area contributed by atoms with E-state index >= 15 is 0 Å². The molecule has 1 N–H and O–H groups in total. The molecule has 4 nitrogen and oxygen atoms in total. The summed E-state index contributed by atoms with van der Waals surface area (Å²) in [5, 5.41) is 9.28. The van der Waals surface area contributed by atoms with Gasteiger partial charge in [-0.05, 0) is 11.5 Å². The van der Waals surface area contributed by atoms with Crippen molar-refractivity contribution in [1.82, 2.24) is 9.80 Å². The van der Waals surface area contributed by atoms with E-state index in [4.69, 9.17) is 4.74 Å². The number of hydrogen-bond acceptors (Lipinski definition) is 4. The Morgan fingerprint density at radius 3 is 2.57 bits per heavy atom. The molecule has 1 fully saturated rings. The largest absolute Gasteiger partial charge is 0.395 e. The van der Waals surface area contributed by atoms with Crippen LogP contribution in [0.5, 0.6) is 0 Å². The second-order valence-electron chi connectivity index (χ2n) is 5.79. The summed E-state index contributed by atoms with van der Waals surface area (Å²) in [7, 11) is 0. The Morgan fingerprint density at radius 2 is 1.90 bits per heavy atom. The summed E-state index contributed by atoms with van der Waals surface area (Å²) in [6.07, 6.45) is 0. The van der Waals surface area contributed by atoms with Gasteiger partial charge >= 0.3 is 0 Å². The van der Waals surface area contributed by atoms with Gasteiger partial charge in [0.15, 0.2) is 0 Å². The van der Waals surface area contributed by atoms with E-state index in [0.29, 0.717) is 5.92 Å². The van der Waals surface area contributed by atoms with Gasteiger partial charge in [0, 0.05) is 39.3 Å². The third kappa shape index (κ3) is 5.75. The van der Waals surface area contributed by atoms with Crippen LogP contribution in [0.2, 0.25) is 0 Å². The van der Waals surface area contributed by atoms with Crippen molar-refractivity contribution in [3.8, 4) is 0 Å². The number of rotatable bonds is 8. The quantitative estimate of drug-likeness (QED) is 0.786. The Bertz CT molecular complexity index is 380. The van der Waals surface area contributed by atoms with Crippen LogP contribution in [0.25, 0.3) is 0 Å². The number of benzene rings is 1. The van der Waals surface area contributed by atoms with Crippen LogP contribution in [-0.2, 0) is 4.74 Å². The van der Waals surface area contributed by atoms with E-state index in [1.54, 1.807) is 0 Å². The van der Waals surface area contributed by atoms with E-state index in [0.717, 1.165) is 52.5 Å². The summed E-state index contributed by atoms with van der Waals surface area (Å²) in [5.41, 5.74) is 1.37. The predicted molar refractivity (Wildman–Crippen MR) is 85.6 cm³/mol. The molecule has 0 spiro atoms. The van der Waals surface area contributed by atoms with Crippen LogP contribution in [-0.4, -0.2) is 74.0 Å². The van der Waals surface area contributed by atoms with Crippen molar-refractivity contribution in [2.75, 3.05) is 59.1 Å². The number of morpholine rings is 1. The van der Waals surface area contributed by atoms with E-state index in [2.05, 4.69) is 47.1 Å². The SMILES string of the molecule is CC(CN(CCO)CCN1CCOCC1)c1ccccc1. The van der Waals surface area contributed by atoms with Gasteiger partial charge in [-0.3, -0.25) is 9.80 Å². The highest BCUT2D eigenvalue weighted by Crippen LogP contribution is 2.16. The molecule has 4 heteroatoms. The monoisotopic (exact) mass is 292 g/mol. The van der Waals surface area contributed by atoms with E-state index in [1.807, 2.05) is 0 Å². The third-order valence-electron chi connectivity index (χ3n) is 4.15. The zero-order valence-corrected chi connectivity index (χ0v) is 13.1. The molecule has 0 saturated carbocycles. The van der Waals surface area contributed by atoms with E-state index in [-0.39, 0.29) is 6.61 Å². The second kappa shape index (κ2) is 9.15. The number of ether oxygens (including phenoxy) is 1. The van der Waals surface area contributed by atoms with Crippen LogP contribution in [0.3, 0.4) is 0 Å². The average molecular weight is 292 g/mol. The lowest BCUT2D eigenvalue weighted by Crippen LogP contribution is -2.42. The van der Waals surface area contributed by atoms with Crippen LogP contribution in [0, 0.1) is 0 Å². The maximum atomic E-state index is 9.28. The number of hydrogen-bond donors (Lipinski definition) is 1. The number of aliphatic hydroxyl groups excluding tert-OH is 1. The molecule has 1 aromatic rings. The maximum Gasteiger partial charge on any atom is 0.0594 e. The highest BCUT2D eigenvalue weighted by Gasteiger charge is 2.15. The topological polar surface area (TPSA) is 35.9 Å². The standard InChI is InChI=1S/C17H28N2O2/c1-16(17-5-3-2-4-6-17)15-19(9-12-20)8-7-18-10-13-21-14-11-18/h2-6,16,20H,7-15H2,1H3. The first kappa shape index (κ1) is 16.4. The molecule has 1 aromatic carbocycles. The molecule has 0 aromatic heterocycles. The molecule has 1 heterocycles. The minimum atomic E-state index is 0.227. The van der Waals surface area contributed by atoms with Crippen molar-refractivity contribution >= 4 is 0 Å². The molecular weight excluding hydrogens is 264 g/mol. The zero-order valence-electron chi connectivity index (χ0n) is 13.1. The van der Waals surface area contributed by atoms with Crippen molar-refractivity contribution in [1.29, 1.82) is 0 Å². The lowest BCUT2D eigenvalue weighted by atomic mass is 10.0. The average Bonchev–Trinajstić information content (AvgIpc) is 2.54. The fraction of sp³-hybridized carbons (Fsp3) is 0.647. The van der Waals surface area contributed by atoms with Gasteiger partial charge in [0.05, 0.1) is 19.8 Å². The van der Waals surface area contributed by atoms with Gasteiger partial charge in [0.25, 0.3) is 0 Å². The molecule has 1 aliphatic rings. The predicted octanol–water partition coefficient (Wildman–Crippen LogP) is 1.42. The fourth-order valence-corrected chi connectivity index (χ4v) is 2.82. The Labute approximate surface area is 128 Å². The molecule has 1 unspecified atom stereocenters. The van der Waals surface area contributed by atoms with Gasteiger partial charge in [-0.1, -0.05) is 37.3 Å². The van der Waals surface area contributed by atoms with Gasteiger partial charge in [-0.25, -0.2) is 0 Å². The molecule has 21 heavy (non-hydrogen) atoms. The Morgan fingerprint density at radius 1 is 1.19 bits per heavy atom. The van der Waals surface area contributed by atoms with Crippen LogP contribution in [0.15, 0.2) is 30.3 Å². The molecular formula is C17H28N2O2. The number of aliphatic hydroxyl groups is 1. The third-order valence-corrected chi connectivity index (χ3v) is 4.15. The van der Waals surface area contributed by atoms with E-state index < -0.39 is 0 Å². The fourth-order valence-electron chi connectivity index (χ4n) is 2.82. The smallest absolute Gasteiger partial charge is 0.0594 e. The first-order chi connectivity index (χ1) is 10.3. The summed E-state index contributed by atoms with van der Waals surface area (Å²) in [6, 6.07) is 10.6. The van der Waals surface area contributed by atoms with Gasteiger partial charge < -0.3 is 9.84 Å². The molecule has 0 radical (unpaired) electrons. The summed E-state index contributed by atoms with van der Waals surface area (Å²) < 4.78 is 5.38. The lowest BCUT2D eigenvalue weighted by molar-refractivity contribution is 0.0322. The lowest BCUT2D eigenvalue weighted by Gasteiger charge is -2.31. The molecule has 0 amide bonds. The number of nitrogens with zero attached hydrogens (tertiary/aromatic N) is 2. The van der Waals surface area contributed by atoms with E-state index in [1.165, 1.54) is 5.56 Å². The summed E-state index contributed by atoms with van der Waals surface area (Å²) in [6.45, 7) is 10.1. The first-order valence-corrected chi connectivity index (χ1v) is 7.98.